The van der Waals surface area contributed by atoms with Crippen molar-refractivity contribution in [2.24, 2.45) is 11.8 Å². The molecule has 4 heterocycles. The highest BCUT2D eigenvalue weighted by Gasteiger charge is 2.31. The molecule has 252 valence electrons. The molecule has 0 atom stereocenters. The van der Waals surface area contributed by atoms with Crippen molar-refractivity contribution in [3.63, 3.8) is 0 Å². The van der Waals surface area contributed by atoms with Crippen LogP contribution in [0.5, 0.6) is 0 Å². The zero-order chi connectivity index (χ0) is 32.3. The average molecular weight is 627 g/mol. The van der Waals surface area contributed by atoms with Crippen molar-refractivity contribution in [3.05, 3.63) is 29.8 Å². The van der Waals surface area contributed by atoms with Crippen LogP contribution in [0.3, 0.4) is 0 Å². The molecule has 4 aliphatic rings. The van der Waals surface area contributed by atoms with E-state index in [1.54, 1.807) is 0 Å². The molecule has 1 N–H and O–H groups in total. The Bertz CT molecular complexity index is 1070. The van der Waals surface area contributed by atoms with Crippen molar-refractivity contribution in [2.75, 3.05) is 90.0 Å². The summed E-state index contributed by atoms with van der Waals surface area (Å²) in [6, 6.07) is 8.73. The van der Waals surface area contributed by atoms with E-state index in [0.717, 1.165) is 110 Å². The number of benzene rings is 1. The first-order chi connectivity index (χ1) is 21.7. The Hall–Kier alpha value is -2.69. The lowest BCUT2D eigenvalue weighted by molar-refractivity contribution is -0.139. The van der Waals surface area contributed by atoms with E-state index in [4.69, 9.17) is 4.74 Å². The van der Waals surface area contributed by atoms with Crippen molar-refractivity contribution >= 4 is 23.5 Å². The van der Waals surface area contributed by atoms with Gasteiger partial charge in [0.15, 0.2) is 0 Å². The van der Waals surface area contributed by atoms with Gasteiger partial charge >= 0.3 is 5.97 Å². The van der Waals surface area contributed by atoms with Gasteiger partial charge in [-0.1, -0.05) is 0 Å². The molecule has 2 amide bonds. The second-order valence-corrected chi connectivity index (χ2v) is 13.5. The van der Waals surface area contributed by atoms with Gasteiger partial charge < -0.3 is 24.8 Å². The van der Waals surface area contributed by atoms with E-state index in [9.17, 15) is 14.4 Å². The van der Waals surface area contributed by atoms with Gasteiger partial charge in [0.1, 0.15) is 0 Å². The van der Waals surface area contributed by atoms with Crippen molar-refractivity contribution < 1.29 is 19.1 Å². The lowest BCUT2D eigenvalue weighted by atomic mass is 9.94. The Morgan fingerprint density at radius 1 is 0.689 bits per heavy atom. The second-order valence-electron chi connectivity index (χ2n) is 13.5. The van der Waals surface area contributed by atoms with Crippen molar-refractivity contribution in [1.29, 1.82) is 0 Å². The van der Waals surface area contributed by atoms with Crippen LogP contribution in [0.25, 0.3) is 0 Å². The zero-order valence-corrected chi connectivity index (χ0v) is 28.5. The highest BCUT2D eigenvalue weighted by Crippen LogP contribution is 2.26. The van der Waals surface area contributed by atoms with Gasteiger partial charge in [-0.15, -0.1) is 0 Å². The van der Waals surface area contributed by atoms with Crippen LogP contribution < -0.4 is 10.2 Å². The molecule has 4 fully saturated rings. The largest absolute Gasteiger partial charge is 0.462 e. The first kappa shape index (κ1) is 35.2. The van der Waals surface area contributed by atoms with Gasteiger partial charge in [0.25, 0.3) is 0 Å². The summed E-state index contributed by atoms with van der Waals surface area (Å²) in [5.74, 6) is 0.869. The quantitative estimate of drug-likeness (QED) is 0.462. The topological polar surface area (TPSA) is 88.7 Å². The maximum atomic E-state index is 12.9. The second kappa shape index (κ2) is 17.3. The monoisotopic (exact) mass is 626 g/mol. The summed E-state index contributed by atoms with van der Waals surface area (Å²) in [7, 11) is 0. The van der Waals surface area contributed by atoms with Crippen LogP contribution in [-0.2, 0) is 14.3 Å². The number of amides is 2. The maximum absolute atomic E-state index is 12.9. The number of nitrogens with zero attached hydrogens (tertiary/aromatic N) is 5. The molecule has 0 saturated carbocycles. The van der Waals surface area contributed by atoms with E-state index in [-0.39, 0.29) is 17.8 Å². The van der Waals surface area contributed by atoms with Crippen LogP contribution in [0.4, 0.5) is 5.69 Å². The Morgan fingerprint density at radius 2 is 1.13 bits per heavy atom. The van der Waals surface area contributed by atoms with E-state index in [1.807, 2.05) is 31.2 Å². The number of carbonyl (C=O) groups is 3. The van der Waals surface area contributed by atoms with Crippen LogP contribution in [0.2, 0.25) is 0 Å². The molecule has 45 heavy (non-hydrogen) atoms. The van der Waals surface area contributed by atoms with Crippen molar-refractivity contribution in [1.82, 2.24) is 24.9 Å². The van der Waals surface area contributed by atoms with Crippen LogP contribution >= 0.6 is 0 Å². The molecular weight excluding hydrogens is 568 g/mol. The summed E-state index contributed by atoms with van der Waals surface area (Å²) < 4.78 is 5.03. The van der Waals surface area contributed by atoms with Crippen LogP contribution in [-0.4, -0.2) is 135 Å². The number of anilines is 1. The first-order valence-corrected chi connectivity index (χ1v) is 17.5. The molecular formula is C35H58N6O4. The van der Waals surface area contributed by atoms with Crippen molar-refractivity contribution in [3.8, 4) is 0 Å². The maximum Gasteiger partial charge on any atom is 0.338 e. The van der Waals surface area contributed by atoms with Gasteiger partial charge in [-0.25, -0.2) is 4.79 Å². The first-order valence-electron chi connectivity index (χ1n) is 17.5. The van der Waals surface area contributed by atoms with E-state index in [2.05, 4.69) is 57.5 Å². The SMILES string of the molecule is CC(C)N1CCN(C(=O)C2CCNCC2)CC1.CCOC(=O)c1ccc(N2CCC(C(=O)N3CCN(C(C)C)CC3)CC2)cc1. The van der Waals surface area contributed by atoms with E-state index < -0.39 is 0 Å². The predicted molar refractivity (Wildman–Crippen MR) is 180 cm³/mol. The number of hydrogen-bond donors (Lipinski definition) is 1. The van der Waals surface area contributed by atoms with Gasteiger partial charge in [-0.2, -0.15) is 0 Å². The summed E-state index contributed by atoms with van der Waals surface area (Å²) in [5.41, 5.74) is 1.68. The molecule has 0 bridgehead atoms. The number of piperazine rings is 2. The number of esters is 1. The highest BCUT2D eigenvalue weighted by molar-refractivity contribution is 5.89. The van der Waals surface area contributed by atoms with Gasteiger partial charge in [0.2, 0.25) is 11.8 Å². The number of hydrogen-bond acceptors (Lipinski definition) is 8. The van der Waals surface area contributed by atoms with Crippen LogP contribution in [0, 0.1) is 11.8 Å². The lowest BCUT2D eigenvalue weighted by Gasteiger charge is -2.40. The summed E-state index contributed by atoms with van der Waals surface area (Å²) >= 11 is 0. The molecule has 0 radical (unpaired) electrons. The third-order valence-corrected chi connectivity index (χ3v) is 9.99. The molecule has 4 aliphatic heterocycles. The minimum Gasteiger partial charge on any atom is -0.462 e. The third kappa shape index (κ3) is 9.90. The normalized spacial score (nSPS) is 21.1. The predicted octanol–water partition coefficient (Wildman–Crippen LogP) is 3.17. The Labute approximate surface area is 271 Å². The third-order valence-electron chi connectivity index (χ3n) is 9.99. The summed E-state index contributed by atoms with van der Waals surface area (Å²) in [4.78, 5) is 48.3. The zero-order valence-electron chi connectivity index (χ0n) is 28.5. The number of rotatable bonds is 7. The molecule has 10 heteroatoms. The van der Waals surface area contributed by atoms with E-state index in [0.29, 0.717) is 36.1 Å². The number of nitrogens with one attached hydrogen (secondary N) is 1. The summed E-state index contributed by atoms with van der Waals surface area (Å²) in [5, 5.41) is 3.32. The molecule has 10 nitrogen and oxygen atoms in total. The Morgan fingerprint density at radius 3 is 1.56 bits per heavy atom. The van der Waals surface area contributed by atoms with Crippen molar-refractivity contribution in [2.45, 2.75) is 72.4 Å². The number of ether oxygens (including phenoxy) is 1. The fraction of sp³-hybridized carbons (Fsp3) is 0.743. The summed E-state index contributed by atoms with van der Waals surface area (Å²) in [6.07, 6.45) is 3.82. The van der Waals surface area contributed by atoms with E-state index >= 15 is 0 Å². The van der Waals surface area contributed by atoms with Gasteiger partial charge in [-0.3, -0.25) is 19.4 Å². The van der Waals surface area contributed by atoms with E-state index in [1.165, 1.54) is 0 Å². The summed E-state index contributed by atoms with van der Waals surface area (Å²) in [6.45, 7) is 22.4. The smallest absolute Gasteiger partial charge is 0.338 e. The standard InChI is InChI=1S/C22H33N3O3.C13H25N3O/c1-4-28-22(27)19-5-7-20(8-6-19)24-11-9-18(10-12-24)21(26)25-15-13-23(14-16-25)17(2)3;1-11(2)15-7-9-16(10-8-15)13(17)12-3-5-14-6-4-12/h5-8,17-18H,4,9-16H2,1-3H3;11-12,14H,3-10H2,1-2H3. The minimum atomic E-state index is -0.282. The van der Waals surface area contributed by atoms with Gasteiger partial charge in [0, 0.05) is 95.1 Å². The Balaban J connectivity index is 0.000000231. The molecule has 0 aliphatic carbocycles. The number of carbonyl (C=O) groups excluding carboxylic acids is 3. The lowest BCUT2D eigenvalue weighted by Crippen LogP contribution is -2.53. The molecule has 4 saturated heterocycles. The molecule has 1 aromatic rings. The Kier molecular flexibility index (Phi) is 13.5. The molecule has 0 aromatic heterocycles. The number of piperidine rings is 2. The van der Waals surface area contributed by atoms with Crippen LogP contribution in [0.1, 0.15) is 70.7 Å². The van der Waals surface area contributed by atoms with Gasteiger partial charge in [0.05, 0.1) is 12.2 Å². The molecule has 1 aromatic carbocycles. The average Bonchev–Trinajstić information content (AvgIpc) is 3.08. The molecule has 5 rings (SSSR count). The molecule has 0 unspecified atom stereocenters. The van der Waals surface area contributed by atoms with Gasteiger partial charge in [-0.05, 0) is 97.7 Å². The van der Waals surface area contributed by atoms with Crippen LogP contribution in [0.15, 0.2) is 24.3 Å². The fourth-order valence-corrected chi connectivity index (χ4v) is 6.91. The minimum absolute atomic E-state index is 0.139. The highest BCUT2D eigenvalue weighted by atomic mass is 16.5. The fourth-order valence-electron chi connectivity index (χ4n) is 6.91. The molecule has 0 spiro atoms.